The largest absolute Gasteiger partial charge is 0.497 e. The number of benzene rings is 4. The Kier molecular flexibility index (Phi) is 9.01. The van der Waals surface area contributed by atoms with Crippen LogP contribution < -0.4 is 19.5 Å². The molecule has 0 saturated heterocycles. The molecule has 196 valence electrons. The third kappa shape index (κ3) is 6.93. The van der Waals surface area contributed by atoms with Gasteiger partial charge in [0, 0.05) is 23.4 Å². The van der Waals surface area contributed by atoms with Crippen molar-refractivity contribution in [2.45, 2.75) is 6.42 Å². The van der Waals surface area contributed by atoms with Gasteiger partial charge in [0.05, 0.1) is 20.8 Å². The summed E-state index contributed by atoms with van der Waals surface area (Å²) in [5, 5.41) is 2.99. The first-order chi connectivity index (χ1) is 18.5. The monoisotopic (exact) mass is 510 g/mol. The van der Waals surface area contributed by atoms with Gasteiger partial charge in [0.2, 0.25) is 0 Å². The van der Waals surface area contributed by atoms with Crippen molar-refractivity contribution in [3.63, 3.8) is 0 Å². The number of carbonyl (C=O) groups is 1. The molecule has 38 heavy (non-hydrogen) atoms. The average Bonchev–Trinajstić information content (AvgIpc) is 2.95. The lowest BCUT2D eigenvalue weighted by atomic mass is 10.0. The highest BCUT2D eigenvalue weighted by molar-refractivity contribution is 6.05. The van der Waals surface area contributed by atoms with Gasteiger partial charge >= 0.3 is 0 Å². The number of hydrogen-bond donors (Lipinski definition) is 1. The van der Waals surface area contributed by atoms with Crippen molar-refractivity contribution in [2.75, 3.05) is 46.8 Å². The Balaban J connectivity index is 1.42. The van der Waals surface area contributed by atoms with E-state index in [1.165, 1.54) is 0 Å². The summed E-state index contributed by atoms with van der Waals surface area (Å²) in [6.07, 6.45) is 0.987. The molecule has 0 aliphatic carbocycles. The quantitative estimate of drug-likeness (QED) is 0.230. The first-order valence-corrected chi connectivity index (χ1v) is 12.6. The lowest BCUT2D eigenvalue weighted by molar-refractivity contribution is 0.102. The summed E-state index contributed by atoms with van der Waals surface area (Å²) >= 11 is 0. The molecule has 4 aromatic carbocycles. The molecule has 0 aliphatic heterocycles. The van der Waals surface area contributed by atoms with Gasteiger partial charge in [-0.05, 0) is 91.8 Å². The zero-order valence-electron chi connectivity index (χ0n) is 22.4. The molecule has 4 aromatic rings. The van der Waals surface area contributed by atoms with Crippen LogP contribution in [0.25, 0.3) is 22.3 Å². The molecule has 0 aromatic heterocycles. The summed E-state index contributed by atoms with van der Waals surface area (Å²) in [4.78, 5) is 15.2. The molecule has 0 saturated carbocycles. The van der Waals surface area contributed by atoms with E-state index in [4.69, 9.17) is 14.2 Å². The maximum Gasteiger partial charge on any atom is 0.255 e. The van der Waals surface area contributed by atoms with E-state index in [2.05, 4.69) is 24.3 Å². The molecule has 0 atom stereocenters. The molecule has 0 spiro atoms. The minimum absolute atomic E-state index is 0.194. The standard InChI is InChI=1S/C32H34N2O4/c1-34(2)19-6-20-38-28-16-11-24(12-17-28)23-9-14-27(15-10-23)33-32(35)26-13-18-31(37-4)30(22-26)25-7-5-8-29(21-25)36-3/h5,7-18,21-22H,6,19-20H2,1-4H3,(H,33,35). The number of hydrogen-bond acceptors (Lipinski definition) is 5. The van der Waals surface area contributed by atoms with Gasteiger partial charge in [-0.1, -0.05) is 36.4 Å². The molecule has 0 radical (unpaired) electrons. The average molecular weight is 511 g/mol. The molecule has 6 heteroatoms. The van der Waals surface area contributed by atoms with Crippen LogP contribution >= 0.6 is 0 Å². The molecular weight excluding hydrogens is 476 g/mol. The van der Waals surface area contributed by atoms with Crippen LogP contribution in [0, 0.1) is 0 Å². The third-order valence-corrected chi connectivity index (χ3v) is 6.19. The molecule has 1 N–H and O–H groups in total. The topological polar surface area (TPSA) is 60.0 Å². The van der Waals surface area contributed by atoms with Gasteiger partial charge in [-0.2, -0.15) is 0 Å². The third-order valence-electron chi connectivity index (χ3n) is 6.19. The predicted octanol–water partition coefficient (Wildman–Crippen LogP) is 6.62. The number of rotatable bonds is 11. The fraction of sp³-hybridized carbons (Fsp3) is 0.219. The molecule has 6 nitrogen and oxygen atoms in total. The predicted molar refractivity (Wildman–Crippen MR) is 153 cm³/mol. The molecule has 1 amide bonds. The van der Waals surface area contributed by atoms with Crippen molar-refractivity contribution in [3.05, 3.63) is 96.6 Å². The van der Waals surface area contributed by atoms with Gasteiger partial charge in [-0.15, -0.1) is 0 Å². The fourth-order valence-corrected chi connectivity index (χ4v) is 4.13. The smallest absolute Gasteiger partial charge is 0.255 e. The van der Waals surface area contributed by atoms with Crippen LogP contribution in [0.5, 0.6) is 17.2 Å². The molecule has 0 fully saturated rings. The lowest BCUT2D eigenvalue weighted by Crippen LogP contribution is -2.15. The number of amides is 1. The van der Waals surface area contributed by atoms with Crippen molar-refractivity contribution in [1.82, 2.24) is 4.90 Å². The Morgan fingerprint density at radius 1 is 0.763 bits per heavy atom. The van der Waals surface area contributed by atoms with Gasteiger partial charge in [0.1, 0.15) is 17.2 Å². The van der Waals surface area contributed by atoms with Gasteiger partial charge in [-0.25, -0.2) is 0 Å². The Morgan fingerprint density at radius 3 is 2.13 bits per heavy atom. The highest BCUT2D eigenvalue weighted by Crippen LogP contribution is 2.33. The summed E-state index contributed by atoms with van der Waals surface area (Å²) < 4.78 is 16.7. The van der Waals surface area contributed by atoms with Gasteiger partial charge in [-0.3, -0.25) is 4.79 Å². The van der Waals surface area contributed by atoms with Crippen LogP contribution in [-0.2, 0) is 0 Å². The van der Waals surface area contributed by atoms with Crippen LogP contribution in [0.4, 0.5) is 5.69 Å². The SMILES string of the molecule is COc1cccc(-c2cc(C(=O)Nc3ccc(-c4ccc(OCCCN(C)C)cc4)cc3)ccc2OC)c1. The first-order valence-electron chi connectivity index (χ1n) is 12.6. The van der Waals surface area contributed by atoms with Crippen molar-refractivity contribution >= 4 is 11.6 Å². The Labute approximate surface area is 224 Å². The van der Waals surface area contributed by atoms with Crippen LogP contribution in [-0.4, -0.2) is 52.3 Å². The molecule has 4 rings (SSSR count). The second-order valence-electron chi connectivity index (χ2n) is 9.21. The molecule has 0 heterocycles. The van der Waals surface area contributed by atoms with E-state index in [9.17, 15) is 4.79 Å². The van der Waals surface area contributed by atoms with E-state index in [-0.39, 0.29) is 5.91 Å². The Bertz CT molecular complexity index is 1350. The summed E-state index contributed by atoms with van der Waals surface area (Å²) in [6.45, 7) is 1.70. The number of ether oxygens (including phenoxy) is 3. The summed E-state index contributed by atoms with van der Waals surface area (Å²) in [5.41, 5.74) is 5.13. The van der Waals surface area contributed by atoms with E-state index in [1.807, 2.05) is 84.9 Å². The second-order valence-corrected chi connectivity index (χ2v) is 9.21. The van der Waals surface area contributed by atoms with E-state index in [1.54, 1.807) is 20.3 Å². The van der Waals surface area contributed by atoms with Gasteiger partial charge < -0.3 is 24.4 Å². The Hall–Kier alpha value is -4.29. The molecular formula is C32H34N2O4. The number of methoxy groups -OCH3 is 2. The highest BCUT2D eigenvalue weighted by atomic mass is 16.5. The molecule has 0 unspecified atom stereocenters. The Morgan fingerprint density at radius 2 is 1.47 bits per heavy atom. The lowest BCUT2D eigenvalue weighted by Gasteiger charge is -2.13. The van der Waals surface area contributed by atoms with Crippen LogP contribution in [0.2, 0.25) is 0 Å². The summed E-state index contributed by atoms with van der Waals surface area (Å²) in [6, 6.07) is 29.0. The number of anilines is 1. The summed E-state index contributed by atoms with van der Waals surface area (Å²) in [5.74, 6) is 2.09. The van der Waals surface area contributed by atoms with E-state index < -0.39 is 0 Å². The zero-order chi connectivity index (χ0) is 26.9. The van der Waals surface area contributed by atoms with Crippen LogP contribution in [0.3, 0.4) is 0 Å². The van der Waals surface area contributed by atoms with E-state index in [0.29, 0.717) is 17.9 Å². The van der Waals surface area contributed by atoms with Crippen molar-refractivity contribution < 1.29 is 19.0 Å². The maximum atomic E-state index is 13.1. The molecule has 0 bridgehead atoms. The van der Waals surface area contributed by atoms with E-state index in [0.717, 1.165) is 52.4 Å². The highest BCUT2D eigenvalue weighted by Gasteiger charge is 2.13. The number of nitrogens with one attached hydrogen (secondary N) is 1. The maximum absolute atomic E-state index is 13.1. The molecule has 0 aliphatic rings. The van der Waals surface area contributed by atoms with E-state index >= 15 is 0 Å². The van der Waals surface area contributed by atoms with Crippen molar-refractivity contribution in [2.24, 2.45) is 0 Å². The number of carbonyl (C=O) groups excluding carboxylic acids is 1. The van der Waals surface area contributed by atoms with Crippen molar-refractivity contribution in [1.29, 1.82) is 0 Å². The first kappa shape index (κ1) is 26.8. The van der Waals surface area contributed by atoms with Crippen LogP contribution in [0.15, 0.2) is 91.0 Å². The van der Waals surface area contributed by atoms with Crippen LogP contribution in [0.1, 0.15) is 16.8 Å². The van der Waals surface area contributed by atoms with Gasteiger partial charge in [0.25, 0.3) is 5.91 Å². The summed E-state index contributed by atoms with van der Waals surface area (Å²) in [7, 11) is 7.37. The zero-order valence-corrected chi connectivity index (χ0v) is 22.4. The fourth-order valence-electron chi connectivity index (χ4n) is 4.13. The minimum Gasteiger partial charge on any atom is -0.497 e. The minimum atomic E-state index is -0.194. The normalized spacial score (nSPS) is 10.8. The van der Waals surface area contributed by atoms with Crippen molar-refractivity contribution in [3.8, 4) is 39.5 Å². The second kappa shape index (κ2) is 12.8. The van der Waals surface area contributed by atoms with Gasteiger partial charge in [0.15, 0.2) is 0 Å². The number of nitrogens with zero attached hydrogens (tertiary/aromatic N) is 1.